The van der Waals surface area contributed by atoms with E-state index in [0.29, 0.717) is 17.7 Å². The molecule has 0 aliphatic heterocycles. The van der Waals surface area contributed by atoms with Crippen molar-refractivity contribution in [3.8, 4) is 16.4 Å². The highest BCUT2D eigenvalue weighted by Gasteiger charge is 2.28. The second-order valence-corrected chi connectivity index (χ2v) is 7.28. The van der Waals surface area contributed by atoms with Gasteiger partial charge in [0.15, 0.2) is 18.3 Å². The molecule has 0 spiro atoms. The van der Waals surface area contributed by atoms with Crippen LogP contribution in [0, 0.1) is 0 Å². The Hall–Kier alpha value is -3.40. The van der Waals surface area contributed by atoms with Gasteiger partial charge in [-0.2, -0.15) is 4.98 Å². The average molecular weight is 393 g/mol. The minimum absolute atomic E-state index is 0.00213. The first-order valence-corrected chi connectivity index (χ1v) is 9.68. The zero-order valence-electron chi connectivity index (χ0n) is 14.7. The number of benzene rings is 1. The van der Waals surface area contributed by atoms with Gasteiger partial charge in [-0.15, -0.1) is 21.5 Å². The summed E-state index contributed by atoms with van der Waals surface area (Å²) in [4.78, 5) is 17.9. The third-order valence-corrected chi connectivity index (χ3v) is 5.18. The summed E-state index contributed by atoms with van der Waals surface area (Å²) in [5, 5.41) is 17.9. The minimum atomic E-state index is -0.613. The Bertz CT molecular complexity index is 1100. The summed E-state index contributed by atoms with van der Waals surface area (Å²) in [5.74, 6) is 0.503. The van der Waals surface area contributed by atoms with Crippen LogP contribution in [0.1, 0.15) is 35.3 Å². The van der Waals surface area contributed by atoms with Crippen LogP contribution in [0.4, 0.5) is 0 Å². The fourth-order valence-corrected chi connectivity index (χ4v) is 3.52. The number of hydrogen-bond donors (Lipinski definition) is 0. The van der Waals surface area contributed by atoms with Crippen LogP contribution in [-0.2, 0) is 11.3 Å². The number of tetrazole rings is 1. The van der Waals surface area contributed by atoms with E-state index >= 15 is 0 Å². The van der Waals surface area contributed by atoms with Crippen molar-refractivity contribution < 1.29 is 9.53 Å². The molecule has 10 heteroatoms. The smallest absolute Gasteiger partial charge is 0.378 e. The number of aromatic nitrogens is 7. The van der Waals surface area contributed by atoms with Crippen molar-refractivity contribution >= 4 is 17.3 Å². The molecule has 4 aromatic rings. The van der Waals surface area contributed by atoms with Crippen LogP contribution in [0.25, 0.3) is 16.4 Å². The van der Waals surface area contributed by atoms with Crippen molar-refractivity contribution in [3.05, 3.63) is 59.5 Å². The lowest BCUT2D eigenvalue weighted by Crippen LogP contribution is -2.12. The Labute approximate surface area is 163 Å². The predicted molar refractivity (Wildman–Crippen MR) is 99.9 cm³/mol. The third kappa shape index (κ3) is 3.18. The first-order chi connectivity index (χ1) is 13.8. The molecule has 3 aromatic heterocycles. The molecule has 0 atom stereocenters. The van der Waals surface area contributed by atoms with Gasteiger partial charge >= 0.3 is 5.97 Å². The van der Waals surface area contributed by atoms with Crippen molar-refractivity contribution in [2.75, 3.05) is 0 Å². The molecule has 1 aliphatic carbocycles. The maximum absolute atomic E-state index is 12.6. The average Bonchev–Trinajstić information content (AvgIpc) is 3.16. The summed E-state index contributed by atoms with van der Waals surface area (Å²) >= 11 is 1.53. The summed E-state index contributed by atoms with van der Waals surface area (Å²) in [7, 11) is 0. The second kappa shape index (κ2) is 6.97. The van der Waals surface area contributed by atoms with Crippen LogP contribution < -0.4 is 0 Å². The molecule has 0 bridgehead atoms. The molecular weight excluding hydrogens is 378 g/mol. The molecule has 0 N–H and O–H groups in total. The summed E-state index contributed by atoms with van der Waals surface area (Å²) in [6.45, 7) is -0.0173. The topological polar surface area (TPSA) is 101 Å². The highest BCUT2D eigenvalue weighted by atomic mass is 32.1. The second-order valence-electron chi connectivity index (χ2n) is 6.33. The molecule has 1 saturated carbocycles. The number of rotatable bonds is 6. The molecule has 140 valence electrons. The van der Waals surface area contributed by atoms with E-state index in [0.717, 1.165) is 23.4 Å². The van der Waals surface area contributed by atoms with E-state index < -0.39 is 5.97 Å². The Kier molecular flexibility index (Phi) is 4.17. The zero-order chi connectivity index (χ0) is 18.9. The van der Waals surface area contributed by atoms with Crippen molar-refractivity contribution in [1.29, 1.82) is 0 Å². The van der Waals surface area contributed by atoms with Crippen LogP contribution in [0.15, 0.2) is 47.8 Å². The summed E-state index contributed by atoms with van der Waals surface area (Å²) in [6, 6.07) is 13.7. The molecule has 1 fully saturated rings. The minimum Gasteiger partial charge on any atom is -0.451 e. The van der Waals surface area contributed by atoms with E-state index in [1.165, 1.54) is 11.3 Å². The number of esters is 1. The van der Waals surface area contributed by atoms with Crippen molar-refractivity contribution in [1.82, 2.24) is 35.0 Å². The van der Waals surface area contributed by atoms with Crippen LogP contribution in [0.5, 0.6) is 0 Å². The van der Waals surface area contributed by atoms with Gasteiger partial charge in [-0.1, -0.05) is 24.3 Å². The monoisotopic (exact) mass is 393 g/mol. The fourth-order valence-electron chi connectivity index (χ4n) is 2.82. The number of carbonyl (C=O) groups excluding carboxylic acids is 1. The molecule has 0 radical (unpaired) electrons. The molecule has 0 saturated heterocycles. The maximum Gasteiger partial charge on any atom is 0.378 e. The largest absolute Gasteiger partial charge is 0.451 e. The van der Waals surface area contributed by atoms with Crippen molar-refractivity contribution in [3.63, 3.8) is 0 Å². The van der Waals surface area contributed by atoms with Gasteiger partial charge in [0.05, 0.1) is 16.6 Å². The molecule has 1 aromatic carbocycles. The normalized spacial score (nSPS) is 13.6. The lowest BCUT2D eigenvalue weighted by atomic mass is 10.3. The Morgan fingerprint density at radius 1 is 1.18 bits per heavy atom. The van der Waals surface area contributed by atoms with E-state index in [4.69, 9.17) is 4.74 Å². The Morgan fingerprint density at radius 2 is 2.04 bits per heavy atom. The first kappa shape index (κ1) is 16.8. The summed E-state index contributed by atoms with van der Waals surface area (Å²) in [5.41, 5.74) is 0.815. The molecular formula is C18H15N7O2S. The van der Waals surface area contributed by atoms with E-state index in [2.05, 4.69) is 25.6 Å². The number of para-hydroxylation sites is 1. The number of nitrogens with zero attached hydrogens (tertiary/aromatic N) is 7. The number of carbonyl (C=O) groups is 1. The highest BCUT2D eigenvalue weighted by molar-refractivity contribution is 7.13. The van der Waals surface area contributed by atoms with Gasteiger partial charge in [0.25, 0.3) is 5.82 Å². The number of ether oxygens (including phenoxy) is 1. The third-order valence-electron chi connectivity index (χ3n) is 4.32. The Balaban J connectivity index is 1.41. The maximum atomic E-state index is 12.6. The lowest BCUT2D eigenvalue weighted by molar-refractivity contribution is 0.0442. The quantitative estimate of drug-likeness (QED) is 0.464. The van der Waals surface area contributed by atoms with Gasteiger partial charge in [-0.25, -0.2) is 14.2 Å². The molecule has 0 amide bonds. The van der Waals surface area contributed by atoms with E-state index in [-0.39, 0.29) is 12.4 Å². The standard InChI is InChI=1S/C18H15N7O2S/c26-18(27-11-15-20-22-23-24(15)13-8-9-13)16-19-17(14-7-4-10-28-14)25(21-16)12-5-2-1-3-6-12/h1-7,10,13H,8-9,11H2. The van der Waals surface area contributed by atoms with Gasteiger partial charge in [0, 0.05) is 0 Å². The SMILES string of the molecule is O=C(OCc1nnnn1C1CC1)c1nc(-c2cccs2)n(-c2ccccc2)n1. The lowest BCUT2D eigenvalue weighted by Gasteiger charge is -2.03. The van der Waals surface area contributed by atoms with Gasteiger partial charge in [-0.3, -0.25) is 0 Å². The van der Waals surface area contributed by atoms with Gasteiger partial charge < -0.3 is 4.74 Å². The molecule has 0 unspecified atom stereocenters. The van der Waals surface area contributed by atoms with Crippen molar-refractivity contribution in [2.45, 2.75) is 25.5 Å². The van der Waals surface area contributed by atoms with Gasteiger partial charge in [-0.05, 0) is 46.8 Å². The van der Waals surface area contributed by atoms with E-state index in [1.54, 1.807) is 9.36 Å². The molecule has 3 heterocycles. The van der Waals surface area contributed by atoms with Gasteiger partial charge in [0.1, 0.15) is 0 Å². The first-order valence-electron chi connectivity index (χ1n) is 8.80. The fraction of sp³-hybridized carbons (Fsp3) is 0.222. The van der Waals surface area contributed by atoms with E-state index in [1.807, 2.05) is 47.8 Å². The van der Waals surface area contributed by atoms with Crippen molar-refractivity contribution in [2.24, 2.45) is 0 Å². The van der Waals surface area contributed by atoms with Crippen LogP contribution in [0.3, 0.4) is 0 Å². The molecule has 28 heavy (non-hydrogen) atoms. The summed E-state index contributed by atoms with van der Waals surface area (Å²) in [6.07, 6.45) is 2.08. The highest BCUT2D eigenvalue weighted by Crippen LogP contribution is 2.34. The Morgan fingerprint density at radius 3 is 2.79 bits per heavy atom. The molecule has 5 rings (SSSR count). The van der Waals surface area contributed by atoms with Crippen LogP contribution >= 0.6 is 11.3 Å². The van der Waals surface area contributed by atoms with E-state index in [9.17, 15) is 4.79 Å². The number of hydrogen-bond acceptors (Lipinski definition) is 8. The molecule has 1 aliphatic rings. The number of thiophene rings is 1. The molecule has 9 nitrogen and oxygen atoms in total. The van der Waals surface area contributed by atoms with Gasteiger partial charge in [0.2, 0.25) is 0 Å². The van der Waals surface area contributed by atoms with Crippen LogP contribution in [0.2, 0.25) is 0 Å². The van der Waals surface area contributed by atoms with Crippen LogP contribution in [-0.4, -0.2) is 40.9 Å². The zero-order valence-corrected chi connectivity index (χ0v) is 15.5. The summed E-state index contributed by atoms with van der Waals surface area (Å²) < 4.78 is 8.73. The predicted octanol–water partition coefficient (Wildman–Crippen LogP) is 2.67.